The molecule has 0 saturated carbocycles. The van der Waals surface area contributed by atoms with E-state index in [9.17, 15) is 16.8 Å². The molecule has 0 spiro atoms. The van der Waals surface area contributed by atoms with Crippen molar-refractivity contribution in [3.05, 3.63) is 18.2 Å². The number of benzene rings is 1. The van der Waals surface area contributed by atoms with Gasteiger partial charge in [0.05, 0.1) is 17.7 Å². The van der Waals surface area contributed by atoms with Crippen molar-refractivity contribution in [2.45, 2.75) is 18.7 Å². The van der Waals surface area contributed by atoms with Crippen molar-refractivity contribution in [3.8, 4) is 5.75 Å². The maximum Gasteiger partial charge on any atom is 0.299 e. The Kier molecular flexibility index (Phi) is 5.56. The molecule has 1 rings (SSSR count). The molecule has 1 aromatic carbocycles. The average molecular weight is 337 g/mol. The fourth-order valence-electron chi connectivity index (χ4n) is 1.40. The molecule has 0 aliphatic rings. The van der Waals surface area contributed by atoms with Gasteiger partial charge in [0.25, 0.3) is 10.2 Å². The second-order valence-electron chi connectivity index (χ2n) is 4.75. The molecule has 120 valence electrons. The van der Waals surface area contributed by atoms with Crippen LogP contribution in [0, 0.1) is 5.92 Å². The summed E-state index contributed by atoms with van der Waals surface area (Å²) in [7, 11) is -6.44. The summed E-state index contributed by atoms with van der Waals surface area (Å²) in [5.74, 6) is 0.302. The van der Waals surface area contributed by atoms with E-state index in [1.54, 1.807) is 0 Å². The number of nitrogens with two attached hydrogens (primary N) is 1. The monoisotopic (exact) mass is 337 g/mol. The predicted molar refractivity (Wildman–Crippen MR) is 79.8 cm³/mol. The number of nitrogens with one attached hydrogen (secondary N) is 2. The first kappa shape index (κ1) is 17.7. The van der Waals surface area contributed by atoms with E-state index < -0.39 is 20.2 Å². The minimum absolute atomic E-state index is 0.0136. The van der Waals surface area contributed by atoms with Crippen LogP contribution in [0.4, 0.5) is 5.69 Å². The first-order chi connectivity index (χ1) is 9.55. The maximum atomic E-state index is 11.9. The highest BCUT2D eigenvalue weighted by Gasteiger charge is 2.17. The second-order valence-corrected chi connectivity index (χ2v) is 7.82. The molecule has 0 radical (unpaired) electrons. The number of ether oxygens (including phenoxy) is 1. The van der Waals surface area contributed by atoms with Crippen LogP contribution in [-0.4, -0.2) is 30.5 Å². The Balaban J connectivity index is 3.11. The molecule has 0 aromatic heterocycles. The molecule has 0 saturated heterocycles. The quantitative estimate of drug-likeness (QED) is 0.657. The summed E-state index contributed by atoms with van der Waals surface area (Å²) < 4.78 is 55.9. The van der Waals surface area contributed by atoms with Crippen LogP contribution in [0.5, 0.6) is 5.75 Å². The van der Waals surface area contributed by atoms with Gasteiger partial charge in [-0.25, -0.2) is 13.6 Å². The summed E-state index contributed by atoms with van der Waals surface area (Å²) in [5.41, 5.74) is -0.0136. The van der Waals surface area contributed by atoms with Crippen molar-refractivity contribution in [3.63, 3.8) is 0 Å². The summed E-state index contributed by atoms with van der Waals surface area (Å²) in [6.07, 6.45) is 0. The molecule has 0 amide bonds. The number of hydrogen-bond acceptors (Lipinski definition) is 5. The van der Waals surface area contributed by atoms with Crippen molar-refractivity contribution < 1.29 is 21.6 Å². The van der Waals surface area contributed by atoms with Gasteiger partial charge in [-0.05, 0) is 24.1 Å². The normalized spacial score (nSPS) is 12.4. The van der Waals surface area contributed by atoms with Gasteiger partial charge in [0.15, 0.2) is 0 Å². The van der Waals surface area contributed by atoms with E-state index in [0.29, 0.717) is 0 Å². The van der Waals surface area contributed by atoms with Gasteiger partial charge < -0.3 is 4.74 Å². The van der Waals surface area contributed by atoms with Crippen LogP contribution in [0.2, 0.25) is 0 Å². The lowest BCUT2D eigenvalue weighted by Crippen LogP contribution is -2.33. The Hall–Kier alpha value is -1.36. The van der Waals surface area contributed by atoms with Crippen molar-refractivity contribution in [2.24, 2.45) is 11.1 Å². The smallest absolute Gasteiger partial charge is 0.299 e. The minimum atomic E-state index is -3.94. The summed E-state index contributed by atoms with van der Waals surface area (Å²) in [6.45, 7) is 3.95. The van der Waals surface area contributed by atoms with Gasteiger partial charge in [-0.3, -0.25) is 4.72 Å². The Labute approximate surface area is 124 Å². The molecule has 0 heterocycles. The standard InChI is InChI=1S/C11H19N3O5S2/c1-8(2)7-13-21(17,18)14-10-6-9(20(12,15)16)4-5-11(10)19-3/h4-6,8,13-14H,7H2,1-3H3,(H2,12,15,16). The Morgan fingerprint density at radius 1 is 1.24 bits per heavy atom. The summed E-state index contributed by atoms with van der Waals surface area (Å²) >= 11 is 0. The number of anilines is 1. The topological polar surface area (TPSA) is 128 Å². The number of primary sulfonamides is 1. The lowest BCUT2D eigenvalue weighted by Gasteiger charge is -2.14. The average Bonchev–Trinajstić information content (AvgIpc) is 2.35. The third-order valence-corrected chi connectivity index (χ3v) is 4.37. The summed E-state index contributed by atoms with van der Waals surface area (Å²) in [5, 5.41) is 5.02. The Morgan fingerprint density at radius 3 is 2.33 bits per heavy atom. The zero-order valence-corrected chi connectivity index (χ0v) is 13.6. The first-order valence-electron chi connectivity index (χ1n) is 6.03. The van der Waals surface area contributed by atoms with Gasteiger partial charge in [-0.1, -0.05) is 13.8 Å². The van der Waals surface area contributed by atoms with Crippen LogP contribution in [-0.2, 0) is 20.2 Å². The number of sulfonamides is 1. The molecule has 0 atom stereocenters. The zero-order chi connectivity index (χ0) is 16.3. The number of hydrogen-bond donors (Lipinski definition) is 3. The molecule has 21 heavy (non-hydrogen) atoms. The van der Waals surface area contributed by atoms with E-state index in [0.717, 1.165) is 6.07 Å². The number of methoxy groups -OCH3 is 1. The van der Waals surface area contributed by atoms with Crippen LogP contribution in [0.3, 0.4) is 0 Å². The number of rotatable bonds is 7. The highest BCUT2D eigenvalue weighted by Crippen LogP contribution is 2.27. The van der Waals surface area contributed by atoms with E-state index >= 15 is 0 Å². The van der Waals surface area contributed by atoms with Crippen molar-refractivity contribution in [2.75, 3.05) is 18.4 Å². The third kappa shape index (κ3) is 5.50. The van der Waals surface area contributed by atoms with E-state index in [1.165, 1.54) is 19.2 Å². The Morgan fingerprint density at radius 2 is 1.86 bits per heavy atom. The molecule has 0 aliphatic heterocycles. The fraction of sp³-hybridized carbons (Fsp3) is 0.455. The summed E-state index contributed by atoms with van der Waals surface area (Å²) in [6, 6.07) is 3.65. The molecule has 1 aromatic rings. The molecular formula is C11H19N3O5S2. The first-order valence-corrected chi connectivity index (χ1v) is 9.06. The second kappa shape index (κ2) is 6.60. The van der Waals surface area contributed by atoms with E-state index in [-0.39, 0.29) is 28.8 Å². The van der Waals surface area contributed by atoms with E-state index in [1.807, 2.05) is 13.8 Å². The molecule has 0 unspecified atom stereocenters. The maximum absolute atomic E-state index is 11.9. The van der Waals surface area contributed by atoms with Crippen LogP contribution in [0.15, 0.2) is 23.1 Å². The molecule has 8 nitrogen and oxygen atoms in total. The van der Waals surface area contributed by atoms with Gasteiger partial charge in [0.1, 0.15) is 5.75 Å². The lowest BCUT2D eigenvalue weighted by molar-refractivity contribution is 0.416. The van der Waals surface area contributed by atoms with Gasteiger partial charge in [-0.2, -0.15) is 13.1 Å². The van der Waals surface area contributed by atoms with Crippen LogP contribution in [0.25, 0.3) is 0 Å². The minimum Gasteiger partial charge on any atom is -0.495 e. The predicted octanol–water partition coefficient (Wildman–Crippen LogP) is 0.245. The van der Waals surface area contributed by atoms with Crippen molar-refractivity contribution in [1.29, 1.82) is 0 Å². The Bertz CT molecular complexity index is 699. The van der Waals surface area contributed by atoms with Crippen molar-refractivity contribution in [1.82, 2.24) is 4.72 Å². The lowest BCUT2D eigenvalue weighted by atomic mass is 10.2. The SMILES string of the molecule is COc1ccc(S(N)(=O)=O)cc1NS(=O)(=O)NCC(C)C. The highest BCUT2D eigenvalue weighted by atomic mass is 32.2. The molecule has 10 heteroatoms. The van der Waals surface area contributed by atoms with E-state index in [2.05, 4.69) is 9.44 Å². The van der Waals surface area contributed by atoms with Gasteiger partial charge in [0.2, 0.25) is 10.0 Å². The van der Waals surface area contributed by atoms with Crippen LogP contribution in [0.1, 0.15) is 13.8 Å². The summed E-state index contributed by atoms with van der Waals surface area (Å²) in [4.78, 5) is -0.218. The van der Waals surface area contributed by atoms with Crippen molar-refractivity contribution >= 4 is 25.9 Å². The molecule has 0 fully saturated rings. The third-order valence-electron chi connectivity index (χ3n) is 2.43. The highest BCUT2D eigenvalue weighted by molar-refractivity contribution is 7.90. The largest absolute Gasteiger partial charge is 0.495 e. The van der Waals surface area contributed by atoms with Crippen LogP contribution >= 0.6 is 0 Å². The van der Waals surface area contributed by atoms with Gasteiger partial charge in [-0.15, -0.1) is 0 Å². The van der Waals surface area contributed by atoms with Crippen LogP contribution < -0.4 is 19.3 Å². The molecular weight excluding hydrogens is 318 g/mol. The fourth-order valence-corrected chi connectivity index (χ4v) is 3.01. The van der Waals surface area contributed by atoms with Gasteiger partial charge in [0, 0.05) is 6.54 Å². The zero-order valence-electron chi connectivity index (χ0n) is 12.0. The molecule has 4 N–H and O–H groups in total. The van der Waals surface area contributed by atoms with E-state index in [4.69, 9.17) is 9.88 Å². The van der Waals surface area contributed by atoms with Gasteiger partial charge >= 0.3 is 0 Å². The molecule has 0 bridgehead atoms. The molecule has 0 aliphatic carbocycles.